The fourth-order valence-electron chi connectivity index (χ4n) is 2.63. The van der Waals surface area contributed by atoms with Gasteiger partial charge in [0.2, 0.25) is 11.6 Å². The van der Waals surface area contributed by atoms with E-state index in [0.29, 0.717) is 5.56 Å². The molecule has 12 heteroatoms. The highest BCUT2D eigenvalue weighted by Gasteiger charge is 2.32. The van der Waals surface area contributed by atoms with Crippen LogP contribution in [0.4, 0.5) is 26.5 Å². The second-order valence-electron chi connectivity index (χ2n) is 5.96. The average molecular weight is 419 g/mol. The Balaban J connectivity index is 2.18. The summed E-state index contributed by atoms with van der Waals surface area (Å²) in [6.45, 7) is 1.41. The van der Waals surface area contributed by atoms with Gasteiger partial charge >= 0.3 is 17.8 Å². The number of nitro groups is 1. The van der Waals surface area contributed by atoms with E-state index in [4.69, 9.17) is 19.9 Å². The molecular formula is C18H18FN5O6. The number of aromatic nitrogens is 2. The lowest BCUT2D eigenvalue weighted by Gasteiger charge is -2.22. The van der Waals surface area contributed by atoms with Crippen LogP contribution in [0, 0.1) is 15.9 Å². The molecule has 0 aliphatic carbocycles. The maximum Gasteiger partial charge on any atom is 0.415 e. The number of hydrogen-bond acceptors (Lipinski definition) is 9. The first-order valence-corrected chi connectivity index (χ1v) is 8.86. The topological polar surface area (TPSA) is 143 Å². The molecule has 0 atom stereocenters. The number of nitrogen functional groups attached to an aromatic ring is 1. The molecule has 4 bridgehead atoms. The van der Waals surface area contributed by atoms with E-state index in [1.54, 1.807) is 19.1 Å². The number of ether oxygens (including phenoxy) is 3. The normalized spacial score (nSPS) is 13.6. The zero-order valence-electron chi connectivity index (χ0n) is 15.9. The van der Waals surface area contributed by atoms with Crippen LogP contribution in [-0.2, 0) is 11.3 Å². The van der Waals surface area contributed by atoms with Crippen LogP contribution >= 0.6 is 0 Å². The second kappa shape index (κ2) is 9.03. The molecule has 158 valence electrons. The molecule has 1 aliphatic heterocycles. The summed E-state index contributed by atoms with van der Waals surface area (Å²) in [4.78, 5) is 32.1. The Morgan fingerprint density at radius 1 is 1.33 bits per heavy atom. The van der Waals surface area contributed by atoms with Gasteiger partial charge in [0.05, 0.1) is 18.1 Å². The molecule has 1 amide bonds. The van der Waals surface area contributed by atoms with Gasteiger partial charge in [0.1, 0.15) is 13.2 Å². The highest BCUT2D eigenvalue weighted by molar-refractivity contribution is 5.90. The van der Waals surface area contributed by atoms with Crippen LogP contribution in [0.2, 0.25) is 0 Å². The highest BCUT2D eigenvalue weighted by Crippen LogP contribution is 2.34. The number of nitrogens with zero attached hydrogens (tertiary/aromatic N) is 4. The van der Waals surface area contributed by atoms with Crippen molar-refractivity contribution in [1.82, 2.24) is 9.97 Å². The Morgan fingerprint density at radius 3 is 2.77 bits per heavy atom. The second-order valence-corrected chi connectivity index (χ2v) is 5.96. The van der Waals surface area contributed by atoms with Crippen molar-refractivity contribution in [2.75, 3.05) is 30.5 Å². The Labute approximate surface area is 170 Å². The standard InChI is InChI=1S/C18H18FN5O6/c1-2-28-18(25)23-10-11-5-6-12(19)13(9-11)29-7-3-4-8-30-17-21-15(20)14(24(26)27)16(23)22-17/h3-6,9H,2,7-8,10H2,1H3,(H2,20,21,22). The van der Waals surface area contributed by atoms with E-state index in [9.17, 15) is 19.3 Å². The molecule has 2 heterocycles. The largest absolute Gasteiger partial charge is 0.486 e. The molecule has 30 heavy (non-hydrogen) atoms. The molecule has 1 aliphatic rings. The number of amides is 1. The summed E-state index contributed by atoms with van der Waals surface area (Å²) >= 11 is 0. The van der Waals surface area contributed by atoms with Crippen molar-refractivity contribution >= 4 is 23.4 Å². The van der Waals surface area contributed by atoms with Crippen molar-refractivity contribution < 1.29 is 28.3 Å². The minimum atomic E-state index is -0.913. The lowest BCUT2D eigenvalue weighted by molar-refractivity contribution is -0.383. The van der Waals surface area contributed by atoms with Gasteiger partial charge in [-0.2, -0.15) is 9.97 Å². The predicted octanol–water partition coefficient (Wildman–Crippen LogP) is 2.60. The van der Waals surface area contributed by atoms with Crippen LogP contribution < -0.4 is 20.1 Å². The van der Waals surface area contributed by atoms with E-state index in [-0.39, 0.29) is 38.1 Å². The number of carbonyl (C=O) groups excluding carboxylic acids is 1. The first kappa shape index (κ1) is 20.8. The van der Waals surface area contributed by atoms with Crippen molar-refractivity contribution in [2.45, 2.75) is 13.5 Å². The summed E-state index contributed by atoms with van der Waals surface area (Å²) in [5, 5.41) is 11.6. The smallest absolute Gasteiger partial charge is 0.415 e. The molecule has 0 fully saturated rings. The zero-order valence-corrected chi connectivity index (χ0v) is 15.9. The van der Waals surface area contributed by atoms with Crippen LogP contribution in [0.15, 0.2) is 30.4 Å². The fourth-order valence-corrected chi connectivity index (χ4v) is 2.63. The molecule has 1 aromatic carbocycles. The Hall–Kier alpha value is -3.96. The van der Waals surface area contributed by atoms with Gasteiger partial charge in [0.25, 0.3) is 0 Å². The van der Waals surface area contributed by atoms with Gasteiger partial charge in [0.15, 0.2) is 11.6 Å². The first-order valence-electron chi connectivity index (χ1n) is 8.86. The minimum absolute atomic E-state index is 0.00955. The van der Waals surface area contributed by atoms with Crippen LogP contribution in [0.25, 0.3) is 0 Å². The average Bonchev–Trinajstić information content (AvgIpc) is 2.69. The van der Waals surface area contributed by atoms with E-state index in [0.717, 1.165) is 4.90 Å². The summed E-state index contributed by atoms with van der Waals surface area (Å²) < 4.78 is 29.8. The third-order valence-corrected chi connectivity index (χ3v) is 3.95. The minimum Gasteiger partial charge on any atom is -0.486 e. The third kappa shape index (κ3) is 4.54. The van der Waals surface area contributed by atoms with Crippen LogP contribution in [0.3, 0.4) is 0 Å². The van der Waals surface area contributed by atoms with E-state index >= 15 is 0 Å². The summed E-state index contributed by atoms with van der Waals surface area (Å²) in [5.41, 5.74) is 5.48. The van der Waals surface area contributed by atoms with E-state index in [2.05, 4.69) is 9.97 Å². The fraction of sp³-hybridized carbons (Fsp3) is 0.278. The van der Waals surface area contributed by atoms with Crippen LogP contribution in [-0.4, -0.2) is 40.8 Å². The first-order chi connectivity index (χ1) is 14.4. The molecule has 0 unspecified atom stereocenters. The van der Waals surface area contributed by atoms with E-state index < -0.39 is 34.2 Å². The van der Waals surface area contributed by atoms with E-state index in [1.165, 1.54) is 18.2 Å². The van der Waals surface area contributed by atoms with Crippen molar-refractivity contribution in [3.05, 3.63) is 51.8 Å². The van der Waals surface area contributed by atoms with Crippen LogP contribution in [0.1, 0.15) is 12.5 Å². The number of anilines is 2. The van der Waals surface area contributed by atoms with Crippen LogP contribution in [0.5, 0.6) is 11.8 Å². The lowest BCUT2D eigenvalue weighted by Crippen LogP contribution is -2.33. The van der Waals surface area contributed by atoms with Gasteiger partial charge in [-0.05, 0) is 36.8 Å². The number of benzene rings is 1. The van der Waals surface area contributed by atoms with Gasteiger partial charge < -0.3 is 19.9 Å². The lowest BCUT2D eigenvalue weighted by atomic mass is 10.2. The van der Waals surface area contributed by atoms with Crippen molar-refractivity contribution in [3.8, 4) is 11.8 Å². The van der Waals surface area contributed by atoms with Gasteiger partial charge in [-0.15, -0.1) is 0 Å². The molecule has 0 radical (unpaired) electrons. The van der Waals surface area contributed by atoms with Gasteiger partial charge in [-0.25, -0.2) is 9.18 Å². The molecule has 11 nitrogen and oxygen atoms in total. The number of fused-ring (bicyclic) bond motifs is 4. The number of carbonyl (C=O) groups is 1. The summed E-state index contributed by atoms with van der Waals surface area (Å²) in [6.07, 6.45) is 2.25. The summed E-state index contributed by atoms with van der Waals surface area (Å²) in [5.74, 6) is -1.53. The maximum atomic E-state index is 14.0. The van der Waals surface area contributed by atoms with Crippen molar-refractivity contribution in [1.29, 1.82) is 0 Å². The molecule has 2 aromatic rings. The number of hydrogen-bond donors (Lipinski definition) is 1. The summed E-state index contributed by atoms with van der Waals surface area (Å²) in [7, 11) is 0. The SMILES string of the molecule is CCOC(=O)N1Cc2ccc(F)c(c2)OCC=CCOc2nc(N)c([N+](=O)[O-])c1n2. The molecule has 0 saturated heterocycles. The molecular weight excluding hydrogens is 401 g/mol. The van der Waals surface area contributed by atoms with Crippen molar-refractivity contribution in [3.63, 3.8) is 0 Å². The van der Waals surface area contributed by atoms with Gasteiger partial charge in [-0.3, -0.25) is 15.0 Å². The summed E-state index contributed by atoms with van der Waals surface area (Å²) in [6, 6.07) is 3.70. The number of rotatable bonds is 2. The van der Waals surface area contributed by atoms with E-state index in [1.807, 2.05) is 0 Å². The Morgan fingerprint density at radius 2 is 2.07 bits per heavy atom. The Kier molecular flexibility index (Phi) is 6.25. The highest BCUT2D eigenvalue weighted by atomic mass is 19.1. The van der Waals surface area contributed by atoms with Gasteiger partial charge in [0, 0.05) is 0 Å². The predicted molar refractivity (Wildman–Crippen MR) is 103 cm³/mol. The van der Waals surface area contributed by atoms with Crippen molar-refractivity contribution in [2.24, 2.45) is 0 Å². The molecule has 3 rings (SSSR count). The maximum absolute atomic E-state index is 14.0. The zero-order chi connectivity index (χ0) is 21.7. The molecule has 0 spiro atoms. The molecule has 0 saturated carbocycles. The number of halogens is 1. The van der Waals surface area contributed by atoms with Gasteiger partial charge in [-0.1, -0.05) is 6.07 Å². The quantitative estimate of drug-likeness (QED) is 0.441. The Bertz CT molecular complexity index is 999. The third-order valence-electron chi connectivity index (χ3n) is 3.95. The molecule has 2 N–H and O–H groups in total. The monoisotopic (exact) mass is 419 g/mol. The molecule has 1 aromatic heterocycles. The number of nitrogens with two attached hydrogens (primary N) is 1.